The molecule has 2 aromatic rings. The van der Waals surface area contributed by atoms with Crippen molar-refractivity contribution in [2.75, 3.05) is 6.61 Å². The maximum Gasteiger partial charge on any atom is 0.124 e. The largest absolute Gasteiger partial charge is 0.494 e. The van der Waals surface area contributed by atoms with Crippen molar-refractivity contribution in [2.24, 2.45) is 11.7 Å². The molecule has 0 radical (unpaired) electrons. The Morgan fingerprint density at radius 2 is 1.85 bits per heavy atom. The highest BCUT2D eigenvalue weighted by molar-refractivity contribution is 5.88. The van der Waals surface area contributed by atoms with E-state index in [4.69, 9.17) is 10.5 Å². The minimum Gasteiger partial charge on any atom is -0.494 e. The molecular formula is C17H23NO2. The van der Waals surface area contributed by atoms with Gasteiger partial charge in [-0.1, -0.05) is 44.2 Å². The van der Waals surface area contributed by atoms with Gasteiger partial charge in [0.15, 0.2) is 0 Å². The average molecular weight is 273 g/mol. The molecule has 3 heteroatoms. The maximum absolute atomic E-state index is 10.3. The zero-order valence-electron chi connectivity index (χ0n) is 12.3. The van der Waals surface area contributed by atoms with Gasteiger partial charge < -0.3 is 15.6 Å². The molecule has 0 bridgehead atoms. The SMILES string of the molecule is CCOc1ccc2ccccc2c1[C@@H](N)[C@@H](O)C(C)C. The van der Waals surface area contributed by atoms with Crippen LogP contribution in [0.4, 0.5) is 0 Å². The number of fused-ring (bicyclic) bond motifs is 1. The van der Waals surface area contributed by atoms with E-state index in [0.717, 1.165) is 22.1 Å². The van der Waals surface area contributed by atoms with Crippen molar-refractivity contribution in [3.8, 4) is 5.75 Å². The maximum atomic E-state index is 10.3. The summed E-state index contributed by atoms with van der Waals surface area (Å²) in [6.45, 7) is 6.46. The molecule has 0 heterocycles. The zero-order chi connectivity index (χ0) is 14.7. The van der Waals surface area contributed by atoms with Crippen LogP contribution >= 0.6 is 0 Å². The highest BCUT2D eigenvalue weighted by atomic mass is 16.5. The van der Waals surface area contributed by atoms with E-state index in [1.54, 1.807) is 0 Å². The number of aliphatic hydroxyl groups is 1. The van der Waals surface area contributed by atoms with E-state index in [-0.39, 0.29) is 5.92 Å². The molecule has 3 nitrogen and oxygen atoms in total. The van der Waals surface area contributed by atoms with Crippen molar-refractivity contribution in [1.82, 2.24) is 0 Å². The summed E-state index contributed by atoms with van der Waals surface area (Å²) in [7, 11) is 0. The predicted molar refractivity (Wildman–Crippen MR) is 82.9 cm³/mol. The van der Waals surface area contributed by atoms with E-state index < -0.39 is 12.1 Å². The van der Waals surface area contributed by atoms with Crippen LogP contribution < -0.4 is 10.5 Å². The summed E-state index contributed by atoms with van der Waals surface area (Å²) in [4.78, 5) is 0. The predicted octanol–water partition coefficient (Wildman–Crippen LogP) is 3.26. The van der Waals surface area contributed by atoms with Crippen LogP contribution in [-0.4, -0.2) is 17.8 Å². The summed E-state index contributed by atoms with van der Waals surface area (Å²) in [5.41, 5.74) is 7.20. The number of ether oxygens (including phenoxy) is 1. The molecule has 0 saturated carbocycles. The molecule has 0 aliphatic heterocycles. The highest BCUT2D eigenvalue weighted by Gasteiger charge is 2.25. The Balaban J connectivity index is 2.60. The summed E-state index contributed by atoms with van der Waals surface area (Å²) < 4.78 is 5.71. The molecule has 0 aliphatic rings. The van der Waals surface area contributed by atoms with Crippen LogP contribution in [0.15, 0.2) is 36.4 Å². The van der Waals surface area contributed by atoms with Gasteiger partial charge in [0.2, 0.25) is 0 Å². The zero-order valence-corrected chi connectivity index (χ0v) is 12.3. The molecule has 3 N–H and O–H groups in total. The molecule has 0 aromatic heterocycles. The Morgan fingerprint density at radius 1 is 1.15 bits per heavy atom. The van der Waals surface area contributed by atoms with E-state index in [0.29, 0.717) is 6.61 Å². The van der Waals surface area contributed by atoms with Crippen LogP contribution in [0.5, 0.6) is 5.75 Å². The molecule has 0 aliphatic carbocycles. The Hall–Kier alpha value is -1.58. The first-order chi connectivity index (χ1) is 9.56. The van der Waals surface area contributed by atoms with Gasteiger partial charge in [-0.15, -0.1) is 0 Å². The summed E-state index contributed by atoms with van der Waals surface area (Å²) in [5.74, 6) is 0.858. The Bertz CT molecular complexity index is 580. The molecule has 0 unspecified atom stereocenters. The van der Waals surface area contributed by atoms with E-state index >= 15 is 0 Å². The summed E-state index contributed by atoms with van der Waals surface area (Å²) in [6.07, 6.45) is -0.597. The van der Waals surface area contributed by atoms with Crippen molar-refractivity contribution in [3.05, 3.63) is 42.0 Å². The average Bonchev–Trinajstić information content (AvgIpc) is 2.45. The number of rotatable bonds is 5. The van der Waals surface area contributed by atoms with Crippen molar-refractivity contribution < 1.29 is 9.84 Å². The van der Waals surface area contributed by atoms with E-state index in [9.17, 15) is 5.11 Å². The van der Waals surface area contributed by atoms with Crippen LogP contribution in [0.25, 0.3) is 10.8 Å². The summed E-state index contributed by atoms with van der Waals surface area (Å²) >= 11 is 0. The van der Waals surface area contributed by atoms with Gasteiger partial charge in [0, 0.05) is 5.56 Å². The first kappa shape index (κ1) is 14.8. The van der Waals surface area contributed by atoms with Gasteiger partial charge >= 0.3 is 0 Å². The first-order valence-electron chi connectivity index (χ1n) is 7.14. The Labute approximate surface area is 120 Å². The van der Waals surface area contributed by atoms with Crippen LogP contribution in [0, 0.1) is 5.92 Å². The quantitative estimate of drug-likeness (QED) is 0.879. The lowest BCUT2D eigenvalue weighted by molar-refractivity contribution is 0.0972. The van der Waals surface area contributed by atoms with E-state index in [2.05, 4.69) is 0 Å². The smallest absolute Gasteiger partial charge is 0.124 e. The van der Waals surface area contributed by atoms with Gasteiger partial charge in [0.1, 0.15) is 5.75 Å². The van der Waals surface area contributed by atoms with Crippen molar-refractivity contribution in [2.45, 2.75) is 32.9 Å². The second kappa shape index (κ2) is 6.25. The lowest BCUT2D eigenvalue weighted by Gasteiger charge is -2.25. The number of nitrogens with two attached hydrogens (primary N) is 1. The topological polar surface area (TPSA) is 55.5 Å². The first-order valence-corrected chi connectivity index (χ1v) is 7.14. The second-order valence-electron chi connectivity index (χ2n) is 5.39. The lowest BCUT2D eigenvalue weighted by Crippen LogP contribution is -2.31. The fourth-order valence-electron chi connectivity index (χ4n) is 2.49. The fraction of sp³-hybridized carbons (Fsp3) is 0.412. The van der Waals surface area contributed by atoms with Gasteiger partial charge in [-0.25, -0.2) is 0 Å². The molecule has 0 saturated heterocycles. The molecule has 108 valence electrons. The highest BCUT2D eigenvalue weighted by Crippen LogP contribution is 2.35. The summed E-state index contributed by atoms with van der Waals surface area (Å²) in [6, 6.07) is 11.6. The van der Waals surface area contributed by atoms with E-state index in [1.807, 2.05) is 57.2 Å². The third kappa shape index (κ3) is 2.79. The normalized spacial score (nSPS) is 14.5. The minimum absolute atomic E-state index is 0.0958. The van der Waals surface area contributed by atoms with Gasteiger partial charge in [0.05, 0.1) is 18.8 Å². The van der Waals surface area contributed by atoms with Crippen LogP contribution in [0.1, 0.15) is 32.4 Å². The van der Waals surface area contributed by atoms with Crippen LogP contribution in [-0.2, 0) is 0 Å². The van der Waals surface area contributed by atoms with Crippen LogP contribution in [0.3, 0.4) is 0 Å². The second-order valence-corrected chi connectivity index (χ2v) is 5.39. The summed E-state index contributed by atoms with van der Waals surface area (Å²) in [5, 5.41) is 12.5. The third-order valence-electron chi connectivity index (χ3n) is 3.61. The molecule has 0 amide bonds. The van der Waals surface area contributed by atoms with Gasteiger partial charge in [-0.3, -0.25) is 0 Å². The Kier molecular flexibility index (Phi) is 4.63. The molecular weight excluding hydrogens is 250 g/mol. The minimum atomic E-state index is -0.597. The third-order valence-corrected chi connectivity index (χ3v) is 3.61. The monoisotopic (exact) mass is 273 g/mol. The Morgan fingerprint density at radius 3 is 2.50 bits per heavy atom. The van der Waals surface area contributed by atoms with Gasteiger partial charge in [0.25, 0.3) is 0 Å². The molecule has 20 heavy (non-hydrogen) atoms. The molecule has 2 rings (SSSR count). The molecule has 2 atom stereocenters. The fourth-order valence-corrected chi connectivity index (χ4v) is 2.49. The van der Waals surface area contributed by atoms with Gasteiger partial charge in [-0.2, -0.15) is 0 Å². The molecule has 0 spiro atoms. The number of benzene rings is 2. The van der Waals surface area contributed by atoms with E-state index in [1.165, 1.54) is 0 Å². The van der Waals surface area contributed by atoms with Crippen molar-refractivity contribution in [1.29, 1.82) is 0 Å². The molecule has 2 aromatic carbocycles. The van der Waals surface area contributed by atoms with Crippen molar-refractivity contribution >= 4 is 10.8 Å². The molecule has 0 fully saturated rings. The lowest BCUT2D eigenvalue weighted by atomic mass is 9.90. The van der Waals surface area contributed by atoms with Crippen LogP contribution in [0.2, 0.25) is 0 Å². The number of aliphatic hydroxyl groups excluding tert-OH is 1. The number of hydrogen-bond acceptors (Lipinski definition) is 3. The van der Waals surface area contributed by atoms with Gasteiger partial charge in [-0.05, 0) is 29.7 Å². The number of hydrogen-bond donors (Lipinski definition) is 2. The standard InChI is InChI=1S/C17H23NO2/c1-4-20-14-10-9-12-7-5-6-8-13(12)15(14)16(18)17(19)11(2)3/h5-11,16-17,19H,4,18H2,1-3H3/t16-,17+/m1/s1. The van der Waals surface area contributed by atoms with Crippen molar-refractivity contribution in [3.63, 3.8) is 0 Å².